The molecule has 1 N–H and O–H groups in total. The quantitative estimate of drug-likeness (QED) is 0.637. The first-order chi connectivity index (χ1) is 5.38. The number of nitrogens with zero attached hydrogens (tertiary/aromatic N) is 2. The number of nitrogens with one attached hydrogen (secondary N) is 1. The normalized spacial score (nSPS) is 10.3. The fourth-order valence-corrected chi connectivity index (χ4v) is 0.768. The Morgan fingerprint density at radius 1 is 1.64 bits per heavy atom. The molecule has 1 aromatic heterocycles. The summed E-state index contributed by atoms with van der Waals surface area (Å²) < 4.78 is 0. The Morgan fingerprint density at radius 2 is 2.45 bits per heavy atom. The van der Waals surface area contributed by atoms with Gasteiger partial charge in [0, 0.05) is 18.6 Å². The molecule has 1 heterocycles. The highest BCUT2D eigenvalue weighted by Gasteiger charge is 1.94. The summed E-state index contributed by atoms with van der Waals surface area (Å²) in [6.45, 7) is 1.83. The highest BCUT2D eigenvalue weighted by atomic mass is 14.8. The summed E-state index contributed by atoms with van der Waals surface area (Å²) in [6.07, 6.45) is 4.53. The van der Waals surface area contributed by atoms with Gasteiger partial charge in [-0.15, -0.1) is 0 Å². The molecule has 56 valence electrons. The summed E-state index contributed by atoms with van der Waals surface area (Å²) in [5, 5.41) is 7.00. The highest BCUT2D eigenvalue weighted by Crippen LogP contribution is 2.12. The van der Waals surface area contributed by atoms with E-state index in [4.69, 9.17) is 5.41 Å². The van der Waals surface area contributed by atoms with Crippen molar-refractivity contribution in [3.63, 3.8) is 0 Å². The van der Waals surface area contributed by atoms with Crippen LogP contribution in [0.5, 0.6) is 0 Å². The summed E-state index contributed by atoms with van der Waals surface area (Å²) in [7, 11) is 0. The van der Waals surface area contributed by atoms with Gasteiger partial charge in [0.15, 0.2) is 0 Å². The zero-order valence-corrected chi connectivity index (χ0v) is 6.28. The minimum Gasteiger partial charge on any atom is -0.306 e. The molecule has 0 saturated heterocycles. The van der Waals surface area contributed by atoms with Gasteiger partial charge >= 0.3 is 0 Å². The Labute approximate surface area is 65.3 Å². The van der Waals surface area contributed by atoms with E-state index in [1.54, 1.807) is 18.5 Å². The number of aromatic nitrogens is 1. The molecule has 0 radical (unpaired) electrons. The molecule has 0 aliphatic heterocycles. The van der Waals surface area contributed by atoms with Gasteiger partial charge in [-0.25, -0.2) is 0 Å². The molecule has 11 heavy (non-hydrogen) atoms. The van der Waals surface area contributed by atoms with Crippen LogP contribution in [-0.4, -0.2) is 17.4 Å². The van der Waals surface area contributed by atoms with Crippen molar-refractivity contribution in [2.24, 2.45) is 4.99 Å². The van der Waals surface area contributed by atoms with Crippen molar-refractivity contribution in [3.8, 4) is 0 Å². The minimum absolute atomic E-state index is 0.602. The largest absolute Gasteiger partial charge is 0.306 e. The lowest BCUT2D eigenvalue weighted by molar-refractivity contribution is 1.27. The summed E-state index contributed by atoms with van der Waals surface area (Å²) in [5.74, 6) is 0. The fourth-order valence-electron chi connectivity index (χ4n) is 0.768. The molecule has 0 bridgehead atoms. The average molecular weight is 147 g/mol. The molecular formula is C8H9N3. The van der Waals surface area contributed by atoms with Crippen LogP contribution in [-0.2, 0) is 0 Å². The number of hydrogen-bond donors (Lipinski definition) is 1. The van der Waals surface area contributed by atoms with E-state index in [1.165, 1.54) is 6.21 Å². The molecule has 3 heteroatoms. The maximum atomic E-state index is 7.00. The Morgan fingerprint density at radius 3 is 3.09 bits per heavy atom. The first-order valence-corrected chi connectivity index (χ1v) is 3.32. The van der Waals surface area contributed by atoms with Crippen molar-refractivity contribution in [1.29, 1.82) is 5.41 Å². The zero-order valence-electron chi connectivity index (χ0n) is 6.28. The van der Waals surface area contributed by atoms with E-state index in [1.807, 2.05) is 13.0 Å². The maximum absolute atomic E-state index is 7.00. The van der Waals surface area contributed by atoms with Gasteiger partial charge in [0.1, 0.15) is 5.69 Å². The third kappa shape index (κ3) is 1.70. The SMILES string of the molecule is C/C=N\c1cccnc1C=N. The lowest BCUT2D eigenvalue weighted by Crippen LogP contribution is -1.85. The zero-order chi connectivity index (χ0) is 8.10. The summed E-state index contributed by atoms with van der Waals surface area (Å²) in [5.41, 5.74) is 1.34. The molecule has 0 amide bonds. The first-order valence-electron chi connectivity index (χ1n) is 3.32. The first kappa shape index (κ1) is 7.60. The van der Waals surface area contributed by atoms with Gasteiger partial charge in [0.25, 0.3) is 0 Å². The molecule has 0 saturated carbocycles. The van der Waals surface area contributed by atoms with Crippen LogP contribution < -0.4 is 0 Å². The molecule has 0 aliphatic rings. The van der Waals surface area contributed by atoms with Gasteiger partial charge < -0.3 is 5.41 Å². The molecule has 0 aromatic carbocycles. The smallest absolute Gasteiger partial charge is 0.106 e. The number of hydrogen-bond acceptors (Lipinski definition) is 3. The Hall–Kier alpha value is -1.51. The molecule has 3 nitrogen and oxygen atoms in total. The molecule has 0 atom stereocenters. The maximum Gasteiger partial charge on any atom is 0.106 e. The van der Waals surface area contributed by atoms with E-state index in [2.05, 4.69) is 9.98 Å². The molecule has 0 fully saturated rings. The third-order valence-corrected chi connectivity index (χ3v) is 1.22. The van der Waals surface area contributed by atoms with Crippen LogP contribution in [0.15, 0.2) is 23.3 Å². The lowest BCUT2D eigenvalue weighted by atomic mass is 10.3. The van der Waals surface area contributed by atoms with Crippen LogP contribution in [0.4, 0.5) is 5.69 Å². The van der Waals surface area contributed by atoms with Crippen LogP contribution in [0.3, 0.4) is 0 Å². The van der Waals surface area contributed by atoms with E-state index in [0.29, 0.717) is 5.69 Å². The monoisotopic (exact) mass is 147 g/mol. The summed E-state index contributed by atoms with van der Waals surface area (Å²) >= 11 is 0. The topological polar surface area (TPSA) is 49.1 Å². The highest BCUT2D eigenvalue weighted by molar-refractivity contribution is 5.82. The van der Waals surface area contributed by atoms with Crippen molar-refractivity contribution in [3.05, 3.63) is 24.0 Å². The van der Waals surface area contributed by atoms with Crippen molar-refractivity contribution >= 4 is 18.1 Å². The van der Waals surface area contributed by atoms with Crippen LogP contribution in [0.25, 0.3) is 0 Å². The molecule has 0 unspecified atom stereocenters. The second-order valence-corrected chi connectivity index (χ2v) is 1.94. The molecule has 0 spiro atoms. The Balaban J connectivity index is 3.11. The van der Waals surface area contributed by atoms with Crippen LogP contribution in [0.1, 0.15) is 12.6 Å². The molecule has 0 aliphatic carbocycles. The van der Waals surface area contributed by atoms with E-state index >= 15 is 0 Å². The van der Waals surface area contributed by atoms with E-state index in [9.17, 15) is 0 Å². The predicted octanol–water partition coefficient (Wildman–Crippen LogP) is 1.80. The lowest BCUT2D eigenvalue weighted by Gasteiger charge is -1.94. The van der Waals surface area contributed by atoms with Crippen LogP contribution >= 0.6 is 0 Å². The number of aliphatic imine (C=N–C) groups is 1. The molecule has 1 rings (SSSR count). The second-order valence-electron chi connectivity index (χ2n) is 1.94. The van der Waals surface area contributed by atoms with Gasteiger partial charge in [-0.1, -0.05) is 0 Å². The van der Waals surface area contributed by atoms with E-state index in [0.717, 1.165) is 5.69 Å². The second kappa shape index (κ2) is 3.61. The minimum atomic E-state index is 0.602. The van der Waals surface area contributed by atoms with Crippen molar-refractivity contribution in [1.82, 2.24) is 4.98 Å². The standard InChI is InChI=1S/C8H9N3/c1-2-10-7-4-3-5-11-8(7)6-9/h2-6,9H,1H3/b9-6?,10-2-. The number of pyridine rings is 1. The Bertz CT molecular complexity index is 278. The van der Waals surface area contributed by atoms with Crippen LogP contribution in [0, 0.1) is 5.41 Å². The van der Waals surface area contributed by atoms with E-state index < -0.39 is 0 Å². The predicted molar refractivity (Wildman–Crippen MR) is 45.9 cm³/mol. The fraction of sp³-hybridized carbons (Fsp3) is 0.125. The van der Waals surface area contributed by atoms with Crippen molar-refractivity contribution in [2.45, 2.75) is 6.92 Å². The number of rotatable bonds is 2. The van der Waals surface area contributed by atoms with Crippen molar-refractivity contribution < 1.29 is 0 Å². The van der Waals surface area contributed by atoms with Crippen LogP contribution in [0.2, 0.25) is 0 Å². The van der Waals surface area contributed by atoms with Gasteiger partial charge in [0.05, 0.1) is 5.69 Å². The van der Waals surface area contributed by atoms with E-state index in [-0.39, 0.29) is 0 Å². The molecular weight excluding hydrogens is 138 g/mol. The van der Waals surface area contributed by atoms with Gasteiger partial charge in [0.2, 0.25) is 0 Å². The average Bonchev–Trinajstić information content (AvgIpc) is 2.06. The summed E-state index contributed by atoms with van der Waals surface area (Å²) in [4.78, 5) is 8.00. The van der Waals surface area contributed by atoms with Gasteiger partial charge in [-0.05, 0) is 19.1 Å². The van der Waals surface area contributed by atoms with Gasteiger partial charge in [-0.3, -0.25) is 9.98 Å². The Kier molecular flexibility index (Phi) is 2.49. The molecule has 1 aromatic rings. The third-order valence-electron chi connectivity index (χ3n) is 1.22. The summed E-state index contributed by atoms with van der Waals surface area (Å²) in [6, 6.07) is 3.63. The van der Waals surface area contributed by atoms with Gasteiger partial charge in [-0.2, -0.15) is 0 Å². The van der Waals surface area contributed by atoms with Crippen molar-refractivity contribution in [2.75, 3.05) is 0 Å².